The SMILES string of the molecule is CC(C)C(Cc1cc[nH]n1)OC=O. The molecule has 0 radical (unpaired) electrons. The molecule has 72 valence electrons. The summed E-state index contributed by atoms with van der Waals surface area (Å²) in [7, 11) is 0. The van der Waals surface area contributed by atoms with Crippen molar-refractivity contribution in [2.24, 2.45) is 5.92 Å². The van der Waals surface area contributed by atoms with Gasteiger partial charge in [0, 0.05) is 12.6 Å². The van der Waals surface area contributed by atoms with Crippen LogP contribution in [0.15, 0.2) is 12.3 Å². The predicted molar refractivity (Wildman–Crippen MR) is 48.1 cm³/mol. The highest BCUT2D eigenvalue weighted by atomic mass is 16.5. The number of nitrogens with one attached hydrogen (secondary N) is 1. The number of rotatable bonds is 5. The molecule has 1 heterocycles. The number of carbonyl (C=O) groups is 1. The Morgan fingerprint density at radius 1 is 1.69 bits per heavy atom. The summed E-state index contributed by atoms with van der Waals surface area (Å²) in [4.78, 5) is 10.2. The molecule has 1 rings (SSSR count). The first-order valence-electron chi connectivity index (χ1n) is 4.31. The first kappa shape index (κ1) is 9.77. The highest BCUT2D eigenvalue weighted by Gasteiger charge is 2.15. The second-order valence-electron chi connectivity index (χ2n) is 3.28. The van der Waals surface area contributed by atoms with Gasteiger partial charge in [0.1, 0.15) is 6.10 Å². The lowest BCUT2D eigenvalue weighted by atomic mass is 10.0. The third kappa shape index (κ3) is 2.89. The molecule has 1 aromatic rings. The van der Waals surface area contributed by atoms with Gasteiger partial charge in [-0.2, -0.15) is 5.10 Å². The summed E-state index contributed by atoms with van der Waals surface area (Å²) in [6.07, 6.45) is 2.34. The van der Waals surface area contributed by atoms with Gasteiger partial charge >= 0.3 is 0 Å². The van der Waals surface area contributed by atoms with Gasteiger partial charge in [-0.3, -0.25) is 9.89 Å². The van der Waals surface area contributed by atoms with Gasteiger partial charge in [0.25, 0.3) is 6.47 Å². The highest BCUT2D eigenvalue weighted by molar-refractivity contribution is 5.37. The van der Waals surface area contributed by atoms with Crippen LogP contribution in [0.1, 0.15) is 19.5 Å². The Labute approximate surface area is 77.3 Å². The van der Waals surface area contributed by atoms with Gasteiger partial charge in [0.2, 0.25) is 0 Å². The zero-order valence-electron chi connectivity index (χ0n) is 7.86. The molecule has 0 amide bonds. The fourth-order valence-electron chi connectivity index (χ4n) is 1.12. The van der Waals surface area contributed by atoms with Crippen LogP contribution in [-0.2, 0) is 16.0 Å². The number of nitrogens with zero attached hydrogens (tertiary/aromatic N) is 1. The lowest BCUT2D eigenvalue weighted by molar-refractivity contribution is -0.135. The van der Waals surface area contributed by atoms with Gasteiger partial charge in [-0.25, -0.2) is 0 Å². The van der Waals surface area contributed by atoms with Crippen molar-refractivity contribution in [3.63, 3.8) is 0 Å². The third-order valence-electron chi connectivity index (χ3n) is 1.94. The van der Waals surface area contributed by atoms with Gasteiger partial charge in [0.15, 0.2) is 0 Å². The molecule has 1 aromatic heterocycles. The largest absolute Gasteiger partial charge is 0.464 e. The normalized spacial score (nSPS) is 12.8. The molecule has 1 unspecified atom stereocenters. The van der Waals surface area contributed by atoms with Gasteiger partial charge < -0.3 is 4.74 Å². The molecule has 0 fully saturated rings. The fraction of sp³-hybridized carbons (Fsp3) is 0.556. The van der Waals surface area contributed by atoms with Crippen LogP contribution in [0.2, 0.25) is 0 Å². The molecule has 0 bridgehead atoms. The first-order chi connectivity index (χ1) is 6.24. The lowest BCUT2D eigenvalue weighted by Gasteiger charge is -2.17. The second kappa shape index (κ2) is 4.64. The average Bonchev–Trinajstić information content (AvgIpc) is 2.56. The second-order valence-corrected chi connectivity index (χ2v) is 3.28. The van der Waals surface area contributed by atoms with Crippen molar-refractivity contribution in [3.8, 4) is 0 Å². The van der Waals surface area contributed by atoms with Crippen LogP contribution in [-0.4, -0.2) is 22.8 Å². The minimum Gasteiger partial charge on any atom is -0.464 e. The third-order valence-corrected chi connectivity index (χ3v) is 1.94. The number of ether oxygens (including phenoxy) is 1. The summed E-state index contributed by atoms with van der Waals surface area (Å²) < 4.78 is 4.94. The molecule has 0 saturated heterocycles. The maximum atomic E-state index is 10.2. The molecule has 0 saturated carbocycles. The smallest absolute Gasteiger partial charge is 0.293 e. The molecule has 1 N–H and O–H groups in total. The van der Waals surface area contributed by atoms with Crippen molar-refractivity contribution in [1.29, 1.82) is 0 Å². The van der Waals surface area contributed by atoms with Crippen molar-refractivity contribution >= 4 is 6.47 Å². The van der Waals surface area contributed by atoms with Crippen LogP contribution in [0.4, 0.5) is 0 Å². The molecule has 0 aliphatic heterocycles. The van der Waals surface area contributed by atoms with Crippen molar-refractivity contribution in [1.82, 2.24) is 10.2 Å². The Kier molecular flexibility index (Phi) is 3.49. The van der Waals surface area contributed by atoms with Crippen LogP contribution >= 0.6 is 0 Å². The van der Waals surface area contributed by atoms with E-state index in [0.717, 1.165) is 5.69 Å². The summed E-state index contributed by atoms with van der Waals surface area (Å²) in [5.41, 5.74) is 0.917. The van der Waals surface area contributed by atoms with Crippen LogP contribution < -0.4 is 0 Å². The monoisotopic (exact) mass is 182 g/mol. The van der Waals surface area contributed by atoms with Crippen molar-refractivity contribution in [2.45, 2.75) is 26.4 Å². The molecule has 4 heteroatoms. The number of hydrogen-bond acceptors (Lipinski definition) is 3. The van der Waals surface area contributed by atoms with E-state index in [2.05, 4.69) is 10.2 Å². The zero-order chi connectivity index (χ0) is 9.68. The Bertz CT molecular complexity index is 244. The van der Waals surface area contributed by atoms with Gasteiger partial charge in [-0.05, 0) is 12.0 Å². The fourth-order valence-corrected chi connectivity index (χ4v) is 1.12. The minimum absolute atomic E-state index is 0.0826. The van der Waals surface area contributed by atoms with E-state index in [4.69, 9.17) is 4.74 Å². The number of H-pyrrole nitrogens is 1. The van der Waals surface area contributed by atoms with E-state index in [9.17, 15) is 4.79 Å². The molecular weight excluding hydrogens is 168 g/mol. The standard InChI is InChI=1S/C9H14N2O2/c1-7(2)9(13-6-12)5-8-3-4-10-11-8/h3-4,6-7,9H,5H2,1-2H3,(H,10,11). The average molecular weight is 182 g/mol. The number of aromatic amines is 1. The quantitative estimate of drug-likeness (QED) is 0.695. The molecule has 13 heavy (non-hydrogen) atoms. The van der Waals surface area contributed by atoms with Crippen LogP contribution in [0.25, 0.3) is 0 Å². The van der Waals surface area contributed by atoms with Gasteiger partial charge in [-0.1, -0.05) is 13.8 Å². The van der Waals surface area contributed by atoms with Crippen molar-refractivity contribution in [3.05, 3.63) is 18.0 Å². The number of aromatic nitrogens is 2. The molecule has 0 aliphatic rings. The summed E-state index contributed by atoms with van der Waals surface area (Å²) in [5, 5.41) is 6.72. The molecule has 0 aromatic carbocycles. The van der Waals surface area contributed by atoms with Gasteiger partial charge in [0.05, 0.1) is 5.69 Å². The predicted octanol–water partition coefficient (Wildman–Crippen LogP) is 1.15. The molecular formula is C9H14N2O2. The topological polar surface area (TPSA) is 55.0 Å². The number of carbonyl (C=O) groups excluding carboxylic acids is 1. The Balaban J connectivity index is 2.52. The van der Waals surface area contributed by atoms with E-state index in [1.807, 2.05) is 19.9 Å². The Hall–Kier alpha value is -1.32. The van der Waals surface area contributed by atoms with E-state index >= 15 is 0 Å². The Morgan fingerprint density at radius 2 is 2.46 bits per heavy atom. The van der Waals surface area contributed by atoms with Crippen LogP contribution in [0.5, 0.6) is 0 Å². The highest BCUT2D eigenvalue weighted by Crippen LogP contribution is 2.10. The number of hydrogen-bond donors (Lipinski definition) is 1. The van der Waals surface area contributed by atoms with Crippen molar-refractivity contribution in [2.75, 3.05) is 0 Å². The first-order valence-corrected chi connectivity index (χ1v) is 4.31. The van der Waals surface area contributed by atoms with E-state index < -0.39 is 0 Å². The summed E-state index contributed by atoms with van der Waals surface area (Å²) in [6.45, 7) is 4.53. The van der Waals surface area contributed by atoms with Crippen LogP contribution in [0.3, 0.4) is 0 Å². The zero-order valence-corrected chi connectivity index (χ0v) is 7.86. The van der Waals surface area contributed by atoms with Crippen LogP contribution in [0, 0.1) is 5.92 Å². The molecule has 0 aliphatic carbocycles. The maximum absolute atomic E-state index is 10.2. The summed E-state index contributed by atoms with van der Waals surface area (Å²) >= 11 is 0. The lowest BCUT2D eigenvalue weighted by Crippen LogP contribution is -2.22. The van der Waals surface area contributed by atoms with E-state index in [-0.39, 0.29) is 6.10 Å². The Morgan fingerprint density at radius 3 is 2.92 bits per heavy atom. The van der Waals surface area contributed by atoms with Crippen molar-refractivity contribution < 1.29 is 9.53 Å². The van der Waals surface area contributed by atoms with E-state index in [1.165, 1.54) is 0 Å². The minimum atomic E-state index is -0.0826. The van der Waals surface area contributed by atoms with E-state index in [0.29, 0.717) is 18.8 Å². The molecule has 0 spiro atoms. The molecule has 4 nitrogen and oxygen atoms in total. The van der Waals surface area contributed by atoms with E-state index in [1.54, 1.807) is 6.20 Å². The summed E-state index contributed by atoms with van der Waals surface area (Å²) in [6, 6.07) is 1.88. The van der Waals surface area contributed by atoms with Gasteiger partial charge in [-0.15, -0.1) is 0 Å². The molecule has 1 atom stereocenters. The summed E-state index contributed by atoms with van der Waals surface area (Å²) in [5.74, 6) is 0.307. The maximum Gasteiger partial charge on any atom is 0.293 e.